The van der Waals surface area contributed by atoms with Crippen LogP contribution in [0.1, 0.15) is 36.7 Å². The fourth-order valence-electron chi connectivity index (χ4n) is 3.55. The molecule has 4 nitrogen and oxygen atoms in total. The van der Waals surface area contributed by atoms with E-state index < -0.39 is 0 Å². The van der Waals surface area contributed by atoms with Crippen LogP contribution >= 0.6 is 0 Å². The summed E-state index contributed by atoms with van der Waals surface area (Å²) in [5, 5.41) is 0. The summed E-state index contributed by atoms with van der Waals surface area (Å²) in [5.41, 5.74) is 3.56. The van der Waals surface area contributed by atoms with Crippen LogP contribution in [0.25, 0.3) is 11.3 Å². The molecule has 1 aliphatic heterocycles. The highest BCUT2D eigenvalue weighted by molar-refractivity contribution is 5.58. The number of nitrogens with one attached hydrogen (secondary N) is 1. The van der Waals surface area contributed by atoms with Gasteiger partial charge in [-0.2, -0.15) is 0 Å². The number of rotatable bonds is 5. The Morgan fingerprint density at radius 3 is 2.92 bits per heavy atom. The quantitative estimate of drug-likeness (QED) is 0.755. The van der Waals surface area contributed by atoms with Gasteiger partial charge in [-0.3, -0.25) is 4.90 Å². The van der Waals surface area contributed by atoms with E-state index in [0.717, 1.165) is 31.0 Å². The Balaban J connectivity index is 1.49. The van der Waals surface area contributed by atoms with Crippen LogP contribution in [0.2, 0.25) is 0 Å². The molecule has 3 heterocycles. The predicted molar refractivity (Wildman–Crippen MR) is 94.6 cm³/mol. The van der Waals surface area contributed by atoms with Gasteiger partial charge in [0.25, 0.3) is 0 Å². The van der Waals surface area contributed by atoms with Crippen LogP contribution < -0.4 is 0 Å². The minimum Gasteiger partial charge on any atom is -0.472 e. The molecule has 1 saturated heterocycles. The normalized spacial score (nSPS) is 18.8. The summed E-state index contributed by atoms with van der Waals surface area (Å²) in [6.45, 7) is 2.19. The van der Waals surface area contributed by atoms with Crippen LogP contribution in [0.4, 0.5) is 0 Å². The summed E-state index contributed by atoms with van der Waals surface area (Å²) < 4.78 is 5.18. The third-order valence-corrected chi connectivity index (χ3v) is 4.88. The second-order valence-corrected chi connectivity index (χ2v) is 6.48. The Morgan fingerprint density at radius 1 is 1.17 bits per heavy atom. The fraction of sp³-hybridized carbons (Fsp3) is 0.350. The zero-order valence-corrected chi connectivity index (χ0v) is 13.8. The molecule has 0 aliphatic carbocycles. The van der Waals surface area contributed by atoms with Crippen molar-refractivity contribution in [2.45, 2.75) is 31.7 Å². The third kappa shape index (κ3) is 3.29. The van der Waals surface area contributed by atoms with E-state index in [9.17, 15) is 0 Å². The molecule has 0 bridgehead atoms. The van der Waals surface area contributed by atoms with Gasteiger partial charge < -0.3 is 9.40 Å². The van der Waals surface area contributed by atoms with Crippen LogP contribution in [-0.4, -0.2) is 28.0 Å². The number of aromatic nitrogens is 2. The maximum Gasteiger partial charge on any atom is 0.123 e. The van der Waals surface area contributed by atoms with Gasteiger partial charge in [-0.1, -0.05) is 36.8 Å². The topological polar surface area (TPSA) is 45.1 Å². The number of aromatic amines is 1. The number of hydrogen-bond acceptors (Lipinski definition) is 3. The molecule has 1 N–H and O–H groups in total. The Hall–Kier alpha value is -2.33. The lowest BCUT2D eigenvalue weighted by Gasteiger charge is -2.34. The van der Waals surface area contributed by atoms with Crippen molar-refractivity contribution in [3.05, 3.63) is 66.5 Å². The first-order valence-electron chi connectivity index (χ1n) is 8.75. The van der Waals surface area contributed by atoms with Crippen molar-refractivity contribution in [1.29, 1.82) is 0 Å². The molecule has 1 unspecified atom stereocenters. The molecule has 1 aliphatic rings. The van der Waals surface area contributed by atoms with Gasteiger partial charge in [0.2, 0.25) is 0 Å². The maximum atomic E-state index is 5.18. The first-order chi connectivity index (χ1) is 11.9. The number of likely N-dealkylation sites (tertiary alicyclic amines) is 1. The summed E-state index contributed by atoms with van der Waals surface area (Å²) >= 11 is 0. The molecule has 1 aromatic carbocycles. The number of imidazole rings is 1. The van der Waals surface area contributed by atoms with Gasteiger partial charge in [0.1, 0.15) is 5.82 Å². The second-order valence-electron chi connectivity index (χ2n) is 6.48. The number of benzene rings is 1. The Labute approximate surface area is 142 Å². The molecular formula is C20H23N3O. The van der Waals surface area contributed by atoms with Crippen LogP contribution in [0, 0.1) is 0 Å². The van der Waals surface area contributed by atoms with Crippen molar-refractivity contribution in [3.8, 4) is 11.3 Å². The van der Waals surface area contributed by atoms with Gasteiger partial charge in [0.15, 0.2) is 0 Å². The zero-order chi connectivity index (χ0) is 16.2. The Morgan fingerprint density at radius 2 is 2.08 bits per heavy atom. The Bertz CT molecular complexity index is 748. The van der Waals surface area contributed by atoms with Crippen LogP contribution in [-0.2, 0) is 6.42 Å². The third-order valence-electron chi connectivity index (χ3n) is 4.88. The van der Waals surface area contributed by atoms with Crippen LogP contribution in [0.3, 0.4) is 0 Å². The highest BCUT2D eigenvalue weighted by Crippen LogP contribution is 2.30. The largest absolute Gasteiger partial charge is 0.472 e. The molecule has 4 heteroatoms. The van der Waals surface area contributed by atoms with E-state index in [1.54, 1.807) is 6.26 Å². The zero-order valence-electron chi connectivity index (χ0n) is 13.8. The SMILES string of the molecule is c1ccc(-c2cnc(C3CCCCN3CCc3ccoc3)[nH]2)cc1. The van der Waals surface area contributed by atoms with Gasteiger partial charge in [-0.25, -0.2) is 4.98 Å². The summed E-state index contributed by atoms with van der Waals surface area (Å²) in [7, 11) is 0. The average molecular weight is 321 g/mol. The molecule has 124 valence electrons. The minimum absolute atomic E-state index is 0.392. The highest BCUT2D eigenvalue weighted by Gasteiger charge is 2.26. The molecule has 0 amide bonds. The lowest BCUT2D eigenvalue weighted by Crippen LogP contribution is -2.35. The van der Waals surface area contributed by atoms with E-state index in [0.29, 0.717) is 6.04 Å². The standard InChI is InChI=1S/C20H23N3O/c1-2-6-17(7-3-1)18-14-21-20(22-18)19-8-4-5-11-23(19)12-9-16-10-13-24-15-16/h1-3,6-7,10,13-15,19H,4-5,8-9,11-12H2,(H,21,22). The number of H-pyrrole nitrogens is 1. The molecule has 24 heavy (non-hydrogen) atoms. The lowest BCUT2D eigenvalue weighted by atomic mass is 10.0. The number of nitrogens with zero attached hydrogens (tertiary/aromatic N) is 2. The number of hydrogen-bond donors (Lipinski definition) is 1. The van der Waals surface area contributed by atoms with E-state index in [1.807, 2.05) is 18.5 Å². The van der Waals surface area contributed by atoms with Gasteiger partial charge in [-0.05, 0) is 43.0 Å². The molecule has 1 atom stereocenters. The van der Waals surface area contributed by atoms with E-state index in [2.05, 4.69) is 40.2 Å². The second kappa shape index (κ2) is 7.05. The van der Waals surface area contributed by atoms with Crippen molar-refractivity contribution >= 4 is 0 Å². The van der Waals surface area contributed by atoms with Crippen molar-refractivity contribution < 1.29 is 4.42 Å². The Kier molecular flexibility index (Phi) is 4.47. The monoisotopic (exact) mass is 321 g/mol. The summed E-state index contributed by atoms with van der Waals surface area (Å²) in [6, 6.07) is 12.9. The fourth-order valence-corrected chi connectivity index (χ4v) is 3.55. The van der Waals surface area contributed by atoms with Crippen molar-refractivity contribution in [1.82, 2.24) is 14.9 Å². The molecule has 2 aromatic heterocycles. The predicted octanol–water partition coefficient (Wildman–Crippen LogP) is 4.44. The van der Waals surface area contributed by atoms with Gasteiger partial charge >= 0.3 is 0 Å². The molecule has 1 fully saturated rings. The summed E-state index contributed by atoms with van der Waals surface area (Å²) in [5.74, 6) is 1.10. The van der Waals surface area contributed by atoms with E-state index in [4.69, 9.17) is 9.40 Å². The summed E-state index contributed by atoms with van der Waals surface area (Å²) in [6.07, 6.45) is 10.3. The summed E-state index contributed by atoms with van der Waals surface area (Å²) in [4.78, 5) is 10.8. The van der Waals surface area contributed by atoms with Crippen LogP contribution in [0.5, 0.6) is 0 Å². The molecule has 0 spiro atoms. The molecular weight excluding hydrogens is 298 g/mol. The van der Waals surface area contributed by atoms with E-state index >= 15 is 0 Å². The molecule has 4 rings (SSSR count). The van der Waals surface area contributed by atoms with Crippen molar-refractivity contribution in [2.24, 2.45) is 0 Å². The van der Waals surface area contributed by atoms with Crippen LogP contribution in [0.15, 0.2) is 59.5 Å². The first-order valence-corrected chi connectivity index (χ1v) is 8.75. The maximum absolute atomic E-state index is 5.18. The number of piperidine rings is 1. The minimum atomic E-state index is 0.392. The molecule has 3 aromatic rings. The van der Waals surface area contributed by atoms with E-state index in [-0.39, 0.29) is 0 Å². The van der Waals surface area contributed by atoms with Gasteiger partial charge in [0.05, 0.1) is 30.5 Å². The van der Waals surface area contributed by atoms with Crippen molar-refractivity contribution in [3.63, 3.8) is 0 Å². The smallest absolute Gasteiger partial charge is 0.123 e. The molecule has 0 radical (unpaired) electrons. The molecule has 0 saturated carbocycles. The first kappa shape index (κ1) is 15.2. The lowest BCUT2D eigenvalue weighted by molar-refractivity contribution is 0.144. The van der Waals surface area contributed by atoms with Crippen molar-refractivity contribution in [2.75, 3.05) is 13.1 Å². The van der Waals surface area contributed by atoms with E-state index in [1.165, 1.54) is 30.4 Å². The number of furan rings is 1. The van der Waals surface area contributed by atoms with Gasteiger partial charge in [0, 0.05) is 6.54 Å². The van der Waals surface area contributed by atoms with Gasteiger partial charge in [-0.15, -0.1) is 0 Å². The highest BCUT2D eigenvalue weighted by atomic mass is 16.3. The average Bonchev–Trinajstić information content (AvgIpc) is 3.33.